The standard InChI is InChI=1S/C15H31NO2/c1-3-9-16-13-15(14-6-4-5-7-14)8-10-18-12-11-17-2/h14-16H,3-13H2,1-2H3. The lowest BCUT2D eigenvalue weighted by atomic mass is 9.88. The highest BCUT2D eigenvalue weighted by Crippen LogP contribution is 2.32. The molecule has 3 heteroatoms. The molecular weight excluding hydrogens is 226 g/mol. The smallest absolute Gasteiger partial charge is 0.0700 e. The van der Waals surface area contributed by atoms with E-state index in [-0.39, 0.29) is 0 Å². The minimum absolute atomic E-state index is 0.710. The second-order valence-corrected chi connectivity index (χ2v) is 5.40. The summed E-state index contributed by atoms with van der Waals surface area (Å²) in [6.07, 6.45) is 8.14. The third-order valence-electron chi connectivity index (χ3n) is 3.96. The number of methoxy groups -OCH3 is 1. The third-order valence-corrected chi connectivity index (χ3v) is 3.96. The number of ether oxygens (including phenoxy) is 2. The monoisotopic (exact) mass is 257 g/mol. The Bertz CT molecular complexity index is 181. The van der Waals surface area contributed by atoms with Crippen molar-refractivity contribution in [1.29, 1.82) is 0 Å². The zero-order valence-corrected chi connectivity index (χ0v) is 12.2. The average molecular weight is 257 g/mol. The second-order valence-electron chi connectivity index (χ2n) is 5.40. The first-order valence-corrected chi connectivity index (χ1v) is 7.65. The summed E-state index contributed by atoms with van der Waals surface area (Å²) in [6.45, 7) is 6.88. The minimum Gasteiger partial charge on any atom is -0.382 e. The maximum absolute atomic E-state index is 5.62. The lowest BCUT2D eigenvalue weighted by Gasteiger charge is -2.23. The lowest BCUT2D eigenvalue weighted by molar-refractivity contribution is 0.0595. The van der Waals surface area contributed by atoms with Gasteiger partial charge in [0.1, 0.15) is 0 Å². The van der Waals surface area contributed by atoms with E-state index >= 15 is 0 Å². The quantitative estimate of drug-likeness (QED) is 0.577. The predicted molar refractivity (Wildman–Crippen MR) is 75.9 cm³/mol. The van der Waals surface area contributed by atoms with Crippen molar-refractivity contribution in [1.82, 2.24) is 5.32 Å². The summed E-state index contributed by atoms with van der Waals surface area (Å²) in [5.74, 6) is 1.74. The van der Waals surface area contributed by atoms with Crippen LogP contribution in [0.15, 0.2) is 0 Å². The van der Waals surface area contributed by atoms with Gasteiger partial charge in [0.2, 0.25) is 0 Å². The Balaban J connectivity index is 2.16. The zero-order chi connectivity index (χ0) is 13.1. The molecule has 0 spiro atoms. The molecule has 108 valence electrons. The van der Waals surface area contributed by atoms with Crippen LogP contribution in [0, 0.1) is 11.8 Å². The Morgan fingerprint density at radius 1 is 1.17 bits per heavy atom. The van der Waals surface area contributed by atoms with Crippen LogP contribution in [0.5, 0.6) is 0 Å². The van der Waals surface area contributed by atoms with Crippen molar-refractivity contribution in [3.05, 3.63) is 0 Å². The maximum atomic E-state index is 5.62. The normalized spacial score (nSPS) is 18.3. The van der Waals surface area contributed by atoms with Gasteiger partial charge in [-0.05, 0) is 37.8 Å². The van der Waals surface area contributed by atoms with E-state index in [4.69, 9.17) is 9.47 Å². The topological polar surface area (TPSA) is 30.5 Å². The molecule has 3 nitrogen and oxygen atoms in total. The van der Waals surface area contributed by atoms with Gasteiger partial charge in [0.05, 0.1) is 13.2 Å². The first kappa shape index (κ1) is 15.9. The molecule has 0 aliphatic heterocycles. The van der Waals surface area contributed by atoms with Crippen molar-refractivity contribution in [2.75, 3.05) is 40.0 Å². The van der Waals surface area contributed by atoms with E-state index in [1.165, 1.54) is 45.1 Å². The van der Waals surface area contributed by atoms with Gasteiger partial charge in [0.15, 0.2) is 0 Å². The van der Waals surface area contributed by atoms with Crippen LogP contribution < -0.4 is 5.32 Å². The highest BCUT2D eigenvalue weighted by atomic mass is 16.5. The zero-order valence-electron chi connectivity index (χ0n) is 12.2. The molecule has 0 radical (unpaired) electrons. The Hall–Kier alpha value is -0.120. The van der Waals surface area contributed by atoms with Gasteiger partial charge >= 0.3 is 0 Å². The van der Waals surface area contributed by atoms with Crippen molar-refractivity contribution < 1.29 is 9.47 Å². The van der Waals surface area contributed by atoms with Crippen LogP contribution in [-0.2, 0) is 9.47 Å². The van der Waals surface area contributed by atoms with Crippen LogP contribution in [0.25, 0.3) is 0 Å². The largest absolute Gasteiger partial charge is 0.382 e. The summed E-state index contributed by atoms with van der Waals surface area (Å²) < 4.78 is 10.6. The fourth-order valence-corrected chi connectivity index (χ4v) is 2.88. The average Bonchev–Trinajstić information content (AvgIpc) is 2.90. The van der Waals surface area contributed by atoms with Crippen molar-refractivity contribution in [3.8, 4) is 0 Å². The molecule has 1 fully saturated rings. The van der Waals surface area contributed by atoms with Gasteiger partial charge in [0, 0.05) is 13.7 Å². The SMILES string of the molecule is CCCNCC(CCOCCOC)C1CCCC1. The molecule has 1 aliphatic rings. The first-order valence-electron chi connectivity index (χ1n) is 7.65. The van der Waals surface area contributed by atoms with Crippen molar-refractivity contribution in [2.45, 2.75) is 45.4 Å². The lowest BCUT2D eigenvalue weighted by Crippen LogP contribution is -2.29. The second kappa shape index (κ2) is 10.8. The van der Waals surface area contributed by atoms with Gasteiger partial charge in [-0.1, -0.05) is 32.6 Å². The predicted octanol–water partition coefficient (Wildman–Crippen LogP) is 2.85. The summed E-state index contributed by atoms with van der Waals surface area (Å²) in [7, 11) is 1.72. The summed E-state index contributed by atoms with van der Waals surface area (Å²) >= 11 is 0. The molecular formula is C15H31NO2. The fraction of sp³-hybridized carbons (Fsp3) is 1.00. The molecule has 0 aromatic rings. The van der Waals surface area contributed by atoms with Gasteiger partial charge in [-0.25, -0.2) is 0 Å². The van der Waals surface area contributed by atoms with Gasteiger partial charge < -0.3 is 14.8 Å². The molecule has 1 atom stereocenters. The van der Waals surface area contributed by atoms with E-state index in [0.29, 0.717) is 6.61 Å². The number of rotatable bonds is 11. The van der Waals surface area contributed by atoms with Crippen LogP contribution in [-0.4, -0.2) is 40.0 Å². The van der Waals surface area contributed by atoms with E-state index in [0.717, 1.165) is 31.6 Å². The van der Waals surface area contributed by atoms with Crippen molar-refractivity contribution in [3.63, 3.8) is 0 Å². The molecule has 18 heavy (non-hydrogen) atoms. The number of nitrogens with one attached hydrogen (secondary N) is 1. The molecule has 1 N–H and O–H groups in total. The highest BCUT2D eigenvalue weighted by Gasteiger charge is 2.24. The maximum Gasteiger partial charge on any atom is 0.0700 e. The van der Waals surface area contributed by atoms with Gasteiger partial charge in [-0.3, -0.25) is 0 Å². The summed E-state index contributed by atoms with van der Waals surface area (Å²) in [6, 6.07) is 0. The Morgan fingerprint density at radius 2 is 1.94 bits per heavy atom. The summed E-state index contributed by atoms with van der Waals surface area (Å²) in [5, 5.41) is 3.58. The van der Waals surface area contributed by atoms with Crippen LogP contribution in [0.3, 0.4) is 0 Å². The molecule has 0 aromatic carbocycles. The van der Waals surface area contributed by atoms with Crippen LogP contribution in [0.1, 0.15) is 45.4 Å². The van der Waals surface area contributed by atoms with E-state index in [1.54, 1.807) is 7.11 Å². The first-order chi connectivity index (χ1) is 8.88. The van der Waals surface area contributed by atoms with E-state index in [9.17, 15) is 0 Å². The van der Waals surface area contributed by atoms with E-state index in [2.05, 4.69) is 12.2 Å². The molecule has 0 saturated heterocycles. The Morgan fingerprint density at radius 3 is 2.61 bits per heavy atom. The van der Waals surface area contributed by atoms with Gasteiger partial charge in [-0.15, -0.1) is 0 Å². The number of hydrogen-bond acceptors (Lipinski definition) is 3. The highest BCUT2D eigenvalue weighted by molar-refractivity contribution is 4.77. The molecule has 0 bridgehead atoms. The third kappa shape index (κ3) is 6.72. The molecule has 0 amide bonds. The van der Waals surface area contributed by atoms with E-state index in [1.807, 2.05) is 0 Å². The van der Waals surface area contributed by atoms with Gasteiger partial charge in [-0.2, -0.15) is 0 Å². The Kier molecular flexibility index (Phi) is 9.54. The Labute approximate surface area is 113 Å². The fourth-order valence-electron chi connectivity index (χ4n) is 2.88. The summed E-state index contributed by atoms with van der Waals surface area (Å²) in [4.78, 5) is 0. The van der Waals surface area contributed by atoms with Crippen molar-refractivity contribution >= 4 is 0 Å². The van der Waals surface area contributed by atoms with Crippen LogP contribution >= 0.6 is 0 Å². The summed E-state index contributed by atoms with van der Waals surface area (Å²) in [5.41, 5.74) is 0. The minimum atomic E-state index is 0.710. The molecule has 0 heterocycles. The molecule has 0 aromatic heterocycles. The molecule has 1 rings (SSSR count). The van der Waals surface area contributed by atoms with Crippen molar-refractivity contribution in [2.24, 2.45) is 11.8 Å². The van der Waals surface area contributed by atoms with Crippen LogP contribution in [0.4, 0.5) is 0 Å². The molecule has 1 saturated carbocycles. The number of hydrogen-bond donors (Lipinski definition) is 1. The molecule has 1 aliphatic carbocycles. The van der Waals surface area contributed by atoms with Gasteiger partial charge in [0.25, 0.3) is 0 Å². The van der Waals surface area contributed by atoms with Crippen LogP contribution in [0.2, 0.25) is 0 Å². The van der Waals surface area contributed by atoms with E-state index < -0.39 is 0 Å². The molecule has 1 unspecified atom stereocenters.